The summed E-state index contributed by atoms with van der Waals surface area (Å²) in [6.07, 6.45) is 1.94. The molecule has 2 aromatic carbocycles. The number of nitrogens with two attached hydrogens (primary N) is 2. The fourth-order valence-corrected chi connectivity index (χ4v) is 3.44. The van der Waals surface area contributed by atoms with E-state index in [0.717, 1.165) is 10.5 Å². The van der Waals surface area contributed by atoms with Crippen molar-refractivity contribution in [1.82, 2.24) is 10.6 Å². The molecule has 1 atom stereocenters. The lowest BCUT2D eigenvalue weighted by Crippen LogP contribution is -2.40. The van der Waals surface area contributed by atoms with Gasteiger partial charge in [-0.1, -0.05) is 18.2 Å². The van der Waals surface area contributed by atoms with Crippen LogP contribution < -0.4 is 22.1 Å². The second kappa shape index (κ2) is 12.1. The fraction of sp³-hybridized carbons (Fsp3) is 0.333. The molecule has 2 amide bonds. The zero-order valence-electron chi connectivity index (χ0n) is 19.8. The lowest BCUT2D eigenvalue weighted by molar-refractivity contribution is -0.156. The molecule has 0 radical (unpaired) electrons. The summed E-state index contributed by atoms with van der Waals surface area (Å²) in [6, 6.07) is 13.9. The van der Waals surface area contributed by atoms with Crippen molar-refractivity contribution in [2.75, 3.05) is 19.3 Å². The second-order valence-electron chi connectivity index (χ2n) is 8.44. The number of esters is 1. The van der Waals surface area contributed by atoms with Gasteiger partial charge in [-0.15, -0.1) is 11.8 Å². The fourth-order valence-electron chi connectivity index (χ4n) is 2.98. The molecule has 0 aromatic heterocycles. The normalized spacial score (nSPS) is 11.8. The molecule has 0 aliphatic carbocycles. The molecular weight excluding hydrogens is 454 g/mol. The maximum Gasteiger partial charge on any atom is 0.315 e. The monoisotopic (exact) mass is 485 g/mol. The molecule has 2 rings (SSSR count). The first-order valence-electron chi connectivity index (χ1n) is 10.6. The number of carbonyl (C=O) groups is 3. The Labute approximate surface area is 203 Å². The SMILES string of the molecule is CSc1cccc(C(CNC(=O)CNC(=O)c2cccc(N=C(N)N)c2)C(=O)OC(C)(C)C)c1. The first kappa shape index (κ1) is 26.7. The van der Waals surface area contributed by atoms with Crippen molar-refractivity contribution < 1.29 is 19.1 Å². The summed E-state index contributed by atoms with van der Waals surface area (Å²) in [7, 11) is 0. The topological polar surface area (TPSA) is 149 Å². The van der Waals surface area contributed by atoms with Crippen LogP contribution in [0.2, 0.25) is 0 Å². The van der Waals surface area contributed by atoms with Gasteiger partial charge in [0.15, 0.2) is 5.96 Å². The number of benzene rings is 2. The van der Waals surface area contributed by atoms with E-state index >= 15 is 0 Å². The van der Waals surface area contributed by atoms with Gasteiger partial charge in [0.1, 0.15) is 5.60 Å². The number of nitrogens with zero attached hydrogens (tertiary/aromatic N) is 1. The van der Waals surface area contributed by atoms with Gasteiger partial charge in [-0.3, -0.25) is 14.4 Å². The van der Waals surface area contributed by atoms with E-state index in [-0.39, 0.29) is 19.0 Å². The molecule has 0 aliphatic rings. The Hall–Kier alpha value is -3.53. The number of hydrogen-bond donors (Lipinski definition) is 4. The zero-order chi connectivity index (χ0) is 25.3. The molecule has 0 spiro atoms. The molecule has 0 saturated carbocycles. The van der Waals surface area contributed by atoms with Crippen LogP contribution in [0, 0.1) is 0 Å². The van der Waals surface area contributed by atoms with Crippen LogP contribution in [0.15, 0.2) is 58.4 Å². The average Bonchev–Trinajstić information content (AvgIpc) is 2.76. The number of thioether (sulfide) groups is 1. The van der Waals surface area contributed by atoms with Crippen LogP contribution in [0.4, 0.5) is 5.69 Å². The van der Waals surface area contributed by atoms with E-state index in [1.54, 1.807) is 50.7 Å². The molecule has 0 saturated heterocycles. The highest BCUT2D eigenvalue weighted by molar-refractivity contribution is 7.98. The molecule has 182 valence electrons. The van der Waals surface area contributed by atoms with Gasteiger partial charge in [0.2, 0.25) is 5.91 Å². The highest BCUT2D eigenvalue weighted by atomic mass is 32.2. The van der Waals surface area contributed by atoms with Crippen molar-refractivity contribution in [3.8, 4) is 0 Å². The average molecular weight is 486 g/mol. The van der Waals surface area contributed by atoms with Crippen molar-refractivity contribution in [1.29, 1.82) is 0 Å². The van der Waals surface area contributed by atoms with Gasteiger partial charge >= 0.3 is 5.97 Å². The highest BCUT2D eigenvalue weighted by Gasteiger charge is 2.27. The molecule has 34 heavy (non-hydrogen) atoms. The van der Waals surface area contributed by atoms with Gasteiger partial charge < -0.3 is 26.8 Å². The predicted octanol–water partition coefficient (Wildman–Crippen LogP) is 2.28. The van der Waals surface area contributed by atoms with Crippen LogP contribution in [0.5, 0.6) is 0 Å². The molecule has 6 N–H and O–H groups in total. The first-order chi connectivity index (χ1) is 16.0. The standard InChI is InChI=1S/C24H31N5O4S/c1-24(2,3)33-22(32)19(15-7-6-10-18(12-15)34-4)13-27-20(30)14-28-21(31)16-8-5-9-17(11-16)29-23(25)26/h5-12,19H,13-14H2,1-4H3,(H,27,30)(H,28,31)(H4,25,26,29). The Morgan fingerprint density at radius 2 is 1.76 bits per heavy atom. The van der Waals surface area contributed by atoms with E-state index in [1.807, 2.05) is 30.5 Å². The summed E-state index contributed by atoms with van der Waals surface area (Å²) < 4.78 is 5.56. The van der Waals surface area contributed by atoms with Crippen LogP contribution in [0.25, 0.3) is 0 Å². The van der Waals surface area contributed by atoms with Gasteiger partial charge in [0, 0.05) is 17.0 Å². The van der Waals surface area contributed by atoms with Crippen LogP contribution in [-0.4, -0.2) is 48.7 Å². The summed E-state index contributed by atoms with van der Waals surface area (Å²) in [5, 5.41) is 5.26. The Bertz CT molecular complexity index is 1060. The predicted molar refractivity (Wildman–Crippen MR) is 134 cm³/mol. The second-order valence-corrected chi connectivity index (χ2v) is 9.32. The number of ether oxygens (including phenoxy) is 1. The number of rotatable bonds is 9. The molecule has 2 aromatic rings. The van der Waals surface area contributed by atoms with Crippen LogP contribution in [0.1, 0.15) is 42.6 Å². The number of hydrogen-bond acceptors (Lipinski definition) is 6. The van der Waals surface area contributed by atoms with Crippen molar-refractivity contribution in [3.05, 3.63) is 59.7 Å². The minimum atomic E-state index is -0.692. The summed E-state index contributed by atoms with van der Waals surface area (Å²) in [4.78, 5) is 42.6. The Morgan fingerprint density at radius 1 is 1.06 bits per heavy atom. The Kier molecular flexibility index (Phi) is 9.49. The van der Waals surface area contributed by atoms with Gasteiger partial charge in [-0.05, 0) is 62.9 Å². The number of nitrogens with one attached hydrogen (secondary N) is 2. The minimum Gasteiger partial charge on any atom is -0.459 e. The third-order valence-electron chi connectivity index (χ3n) is 4.47. The van der Waals surface area contributed by atoms with Gasteiger partial charge in [0.05, 0.1) is 18.2 Å². The summed E-state index contributed by atoms with van der Waals surface area (Å²) >= 11 is 1.55. The molecule has 10 heteroatoms. The molecule has 9 nitrogen and oxygen atoms in total. The van der Waals surface area contributed by atoms with Crippen molar-refractivity contribution in [2.45, 2.75) is 37.2 Å². The third kappa shape index (κ3) is 8.78. The quantitative estimate of drug-likeness (QED) is 0.184. The van der Waals surface area contributed by atoms with Gasteiger partial charge in [-0.25, -0.2) is 4.99 Å². The van der Waals surface area contributed by atoms with Gasteiger partial charge in [-0.2, -0.15) is 0 Å². The van der Waals surface area contributed by atoms with Crippen molar-refractivity contribution >= 4 is 41.2 Å². The Morgan fingerprint density at radius 3 is 2.41 bits per heavy atom. The number of aliphatic imine (C=N–C) groups is 1. The first-order valence-corrected chi connectivity index (χ1v) is 11.8. The highest BCUT2D eigenvalue weighted by Crippen LogP contribution is 2.24. The zero-order valence-corrected chi connectivity index (χ0v) is 20.6. The summed E-state index contributed by atoms with van der Waals surface area (Å²) in [6.45, 7) is 5.13. The van der Waals surface area contributed by atoms with Crippen LogP contribution in [0.3, 0.4) is 0 Å². The lowest BCUT2D eigenvalue weighted by Gasteiger charge is -2.24. The molecule has 1 unspecified atom stereocenters. The smallest absolute Gasteiger partial charge is 0.315 e. The number of amides is 2. The van der Waals surface area contributed by atoms with Crippen molar-refractivity contribution in [2.24, 2.45) is 16.5 Å². The molecule has 0 fully saturated rings. The maximum absolute atomic E-state index is 12.9. The van der Waals surface area contributed by atoms with Crippen LogP contribution >= 0.6 is 11.8 Å². The van der Waals surface area contributed by atoms with Gasteiger partial charge in [0.25, 0.3) is 5.91 Å². The lowest BCUT2D eigenvalue weighted by atomic mass is 9.98. The van der Waals surface area contributed by atoms with E-state index in [9.17, 15) is 14.4 Å². The number of carbonyl (C=O) groups excluding carboxylic acids is 3. The largest absolute Gasteiger partial charge is 0.459 e. The number of guanidine groups is 1. The third-order valence-corrected chi connectivity index (χ3v) is 5.19. The molecule has 0 aliphatic heterocycles. The van der Waals surface area contributed by atoms with E-state index in [4.69, 9.17) is 16.2 Å². The minimum absolute atomic E-state index is 0.0292. The van der Waals surface area contributed by atoms with E-state index in [2.05, 4.69) is 15.6 Å². The summed E-state index contributed by atoms with van der Waals surface area (Å²) in [5.74, 6) is -2.16. The van der Waals surface area contributed by atoms with E-state index in [1.165, 1.54) is 6.07 Å². The van der Waals surface area contributed by atoms with Crippen LogP contribution in [-0.2, 0) is 14.3 Å². The molecular formula is C24H31N5O4S. The Balaban J connectivity index is 2.02. The van der Waals surface area contributed by atoms with E-state index < -0.39 is 29.3 Å². The molecule has 0 heterocycles. The summed E-state index contributed by atoms with van der Waals surface area (Å²) in [5.41, 5.74) is 11.5. The van der Waals surface area contributed by atoms with E-state index in [0.29, 0.717) is 11.3 Å². The molecule has 0 bridgehead atoms. The maximum atomic E-state index is 12.9. The van der Waals surface area contributed by atoms with Crippen molar-refractivity contribution in [3.63, 3.8) is 0 Å².